The van der Waals surface area contributed by atoms with Crippen molar-refractivity contribution >= 4 is 23.5 Å². The Kier molecular flexibility index (Phi) is 5.01. The number of benzene rings is 1. The normalized spacial score (nSPS) is 15.3. The third kappa shape index (κ3) is 4.90. The van der Waals surface area contributed by atoms with E-state index in [1.165, 1.54) is 12.1 Å². The van der Waals surface area contributed by atoms with Crippen molar-refractivity contribution in [2.75, 3.05) is 6.61 Å². The van der Waals surface area contributed by atoms with Gasteiger partial charge >= 0.3 is 5.97 Å². The highest BCUT2D eigenvalue weighted by atomic mass is 35.5. The van der Waals surface area contributed by atoms with Crippen molar-refractivity contribution in [2.45, 2.75) is 25.3 Å². The summed E-state index contributed by atoms with van der Waals surface area (Å²) in [6.45, 7) is -0.351. The van der Waals surface area contributed by atoms with Crippen molar-refractivity contribution < 1.29 is 23.8 Å². The van der Waals surface area contributed by atoms with Crippen LogP contribution in [-0.4, -0.2) is 29.6 Å². The number of hydrogen-bond acceptors (Lipinski definition) is 3. The number of nitrogens with one attached hydrogen (secondary N) is 1. The van der Waals surface area contributed by atoms with E-state index in [9.17, 15) is 14.0 Å². The molecule has 114 valence electrons. The molecule has 7 heteroatoms. The van der Waals surface area contributed by atoms with Gasteiger partial charge in [0.15, 0.2) is 6.61 Å². The molecule has 21 heavy (non-hydrogen) atoms. The second-order valence-corrected chi connectivity index (χ2v) is 5.41. The number of amides is 1. The summed E-state index contributed by atoms with van der Waals surface area (Å²) in [7, 11) is 0. The second-order valence-electron chi connectivity index (χ2n) is 5.00. The van der Waals surface area contributed by atoms with Crippen molar-refractivity contribution in [3.8, 4) is 5.75 Å². The molecule has 0 heterocycles. The SMILES string of the molecule is O=C(COc1ccc(F)c(Cl)c1)NC(CC1CC1)C(=O)O. The molecular formula is C14H15ClFNO4. The maximum Gasteiger partial charge on any atom is 0.326 e. The van der Waals surface area contributed by atoms with Crippen LogP contribution < -0.4 is 10.1 Å². The van der Waals surface area contributed by atoms with Crippen LogP contribution in [0.5, 0.6) is 5.75 Å². The third-order valence-corrected chi connectivity index (χ3v) is 3.45. The fourth-order valence-corrected chi connectivity index (χ4v) is 2.03. The van der Waals surface area contributed by atoms with Crippen molar-refractivity contribution in [2.24, 2.45) is 5.92 Å². The molecule has 0 saturated heterocycles. The maximum absolute atomic E-state index is 13.0. The summed E-state index contributed by atoms with van der Waals surface area (Å²) in [5.41, 5.74) is 0. The average molecular weight is 316 g/mol. The molecule has 1 aliphatic rings. The molecule has 2 rings (SSSR count). The van der Waals surface area contributed by atoms with Crippen LogP contribution in [0, 0.1) is 11.7 Å². The van der Waals surface area contributed by atoms with Crippen molar-refractivity contribution in [1.29, 1.82) is 0 Å². The zero-order valence-electron chi connectivity index (χ0n) is 11.1. The molecule has 1 atom stereocenters. The van der Waals surface area contributed by atoms with E-state index in [4.69, 9.17) is 21.4 Å². The molecule has 1 amide bonds. The molecule has 2 N–H and O–H groups in total. The molecule has 1 unspecified atom stereocenters. The van der Waals surface area contributed by atoms with E-state index in [-0.39, 0.29) is 17.4 Å². The summed E-state index contributed by atoms with van der Waals surface area (Å²) in [6.07, 6.45) is 2.44. The second kappa shape index (κ2) is 6.76. The van der Waals surface area contributed by atoms with Crippen LogP contribution in [0.2, 0.25) is 5.02 Å². The van der Waals surface area contributed by atoms with Gasteiger partial charge < -0.3 is 15.2 Å². The minimum absolute atomic E-state index is 0.106. The molecule has 1 saturated carbocycles. The first-order valence-corrected chi connectivity index (χ1v) is 6.93. The minimum atomic E-state index is -1.06. The Bertz CT molecular complexity index is 548. The van der Waals surface area contributed by atoms with E-state index in [0.29, 0.717) is 12.3 Å². The van der Waals surface area contributed by atoms with Crippen LogP contribution in [0.25, 0.3) is 0 Å². The predicted octanol–water partition coefficient (Wildman–Crippen LogP) is 2.23. The first kappa shape index (κ1) is 15.6. The topological polar surface area (TPSA) is 75.6 Å². The average Bonchev–Trinajstić information content (AvgIpc) is 3.23. The monoisotopic (exact) mass is 315 g/mol. The van der Waals surface area contributed by atoms with Gasteiger partial charge in [-0.15, -0.1) is 0 Å². The van der Waals surface area contributed by atoms with Crippen LogP contribution in [0.4, 0.5) is 4.39 Å². The van der Waals surface area contributed by atoms with Crippen LogP contribution in [0.3, 0.4) is 0 Å². The largest absolute Gasteiger partial charge is 0.484 e. The molecule has 1 aliphatic carbocycles. The van der Waals surface area contributed by atoms with Gasteiger partial charge in [-0.25, -0.2) is 9.18 Å². The Morgan fingerprint density at radius 3 is 2.76 bits per heavy atom. The standard InChI is InChI=1S/C14H15ClFNO4/c15-10-6-9(3-4-11(10)16)21-7-13(18)17-12(14(19)20)5-8-1-2-8/h3-4,6,8,12H,1-2,5,7H2,(H,17,18)(H,19,20). The van der Waals surface area contributed by atoms with Gasteiger partial charge in [0.2, 0.25) is 0 Å². The number of halogens is 2. The summed E-state index contributed by atoms with van der Waals surface area (Å²) < 4.78 is 18.1. The lowest BCUT2D eigenvalue weighted by molar-refractivity contribution is -0.142. The number of hydrogen-bond donors (Lipinski definition) is 2. The Balaban J connectivity index is 1.82. The highest BCUT2D eigenvalue weighted by molar-refractivity contribution is 6.30. The lowest BCUT2D eigenvalue weighted by atomic mass is 10.1. The molecular weight excluding hydrogens is 301 g/mol. The van der Waals surface area contributed by atoms with Crippen molar-refractivity contribution in [3.63, 3.8) is 0 Å². The van der Waals surface area contributed by atoms with Gasteiger partial charge in [0.05, 0.1) is 5.02 Å². The summed E-state index contributed by atoms with van der Waals surface area (Å²) in [5, 5.41) is 11.3. The van der Waals surface area contributed by atoms with Crippen LogP contribution in [-0.2, 0) is 9.59 Å². The molecule has 0 aromatic heterocycles. The number of ether oxygens (including phenoxy) is 1. The predicted molar refractivity (Wildman–Crippen MR) is 73.8 cm³/mol. The Labute approximate surface area is 126 Å². The Morgan fingerprint density at radius 2 is 2.19 bits per heavy atom. The number of carbonyl (C=O) groups is 2. The summed E-state index contributed by atoms with van der Waals surface area (Å²) in [6, 6.07) is 2.82. The maximum atomic E-state index is 13.0. The number of carboxylic acids is 1. The zero-order chi connectivity index (χ0) is 15.4. The van der Waals surface area contributed by atoms with E-state index in [2.05, 4.69) is 5.32 Å². The van der Waals surface area contributed by atoms with Crippen molar-refractivity contribution in [3.05, 3.63) is 29.0 Å². The van der Waals surface area contributed by atoms with E-state index in [0.717, 1.165) is 18.9 Å². The van der Waals surface area contributed by atoms with Gasteiger partial charge in [-0.2, -0.15) is 0 Å². The molecule has 1 aromatic rings. The third-order valence-electron chi connectivity index (χ3n) is 3.16. The molecule has 0 spiro atoms. The molecule has 5 nitrogen and oxygen atoms in total. The van der Waals surface area contributed by atoms with E-state index >= 15 is 0 Å². The highest BCUT2D eigenvalue weighted by Crippen LogP contribution is 2.33. The van der Waals surface area contributed by atoms with Crippen LogP contribution >= 0.6 is 11.6 Å². The van der Waals surface area contributed by atoms with Gasteiger partial charge in [-0.1, -0.05) is 24.4 Å². The van der Waals surface area contributed by atoms with Gasteiger partial charge in [0.1, 0.15) is 17.6 Å². The van der Waals surface area contributed by atoms with E-state index in [1.54, 1.807) is 0 Å². The van der Waals surface area contributed by atoms with Crippen molar-refractivity contribution in [1.82, 2.24) is 5.32 Å². The van der Waals surface area contributed by atoms with E-state index in [1.807, 2.05) is 0 Å². The molecule has 1 aromatic carbocycles. The number of aliphatic carboxylic acids is 1. The lowest BCUT2D eigenvalue weighted by Gasteiger charge is -2.14. The molecule has 0 radical (unpaired) electrons. The van der Waals surface area contributed by atoms with Gasteiger partial charge in [-0.3, -0.25) is 4.79 Å². The van der Waals surface area contributed by atoms with Gasteiger partial charge in [0.25, 0.3) is 5.91 Å². The molecule has 0 aliphatic heterocycles. The lowest BCUT2D eigenvalue weighted by Crippen LogP contribution is -2.43. The smallest absolute Gasteiger partial charge is 0.326 e. The fraction of sp³-hybridized carbons (Fsp3) is 0.429. The minimum Gasteiger partial charge on any atom is -0.484 e. The first-order chi connectivity index (χ1) is 9.95. The Morgan fingerprint density at radius 1 is 1.48 bits per heavy atom. The first-order valence-electron chi connectivity index (χ1n) is 6.55. The highest BCUT2D eigenvalue weighted by Gasteiger charge is 2.30. The van der Waals surface area contributed by atoms with Gasteiger partial charge in [0, 0.05) is 6.07 Å². The Hall–Kier alpha value is -1.82. The number of rotatable bonds is 7. The zero-order valence-corrected chi connectivity index (χ0v) is 11.9. The summed E-state index contributed by atoms with van der Waals surface area (Å²) in [5.74, 6) is -1.55. The molecule has 0 bridgehead atoms. The van der Waals surface area contributed by atoms with Crippen LogP contribution in [0.1, 0.15) is 19.3 Å². The summed E-state index contributed by atoms with van der Waals surface area (Å²) in [4.78, 5) is 22.7. The fourth-order valence-electron chi connectivity index (χ4n) is 1.86. The number of carbonyl (C=O) groups excluding carboxylic acids is 1. The molecule has 1 fully saturated rings. The van der Waals surface area contributed by atoms with Crippen LogP contribution in [0.15, 0.2) is 18.2 Å². The van der Waals surface area contributed by atoms with E-state index < -0.39 is 23.7 Å². The quantitative estimate of drug-likeness (QED) is 0.809. The van der Waals surface area contributed by atoms with Gasteiger partial charge in [-0.05, 0) is 24.5 Å². The summed E-state index contributed by atoms with van der Waals surface area (Å²) >= 11 is 5.59. The number of carboxylic acid groups (broad SMARTS) is 1.